The molecule has 8 heteroatoms. The fourth-order valence-electron chi connectivity index (χ4n) is 2.45. The molecule has 3 rings (SSSR count). The van der Waals surface area contributed by atoms with Crippen LogP contribution < -0.4 is 19.5 Å². The lowest BCUT2D eigenvalue weighted by Gasteiger charge is -2.14. The molecule has 0 aliphatic heterocycles. The molecule has 8 nitrogen and oxygen atoms in total. The zero-order valence-electron chi connectivity index (χ0n) is 14.3. The van der Waals surface area contributed by atoms with E-state index in [1.54, 1.807) is 32.1 Å². The lowest BCUT2D eigenvalue weighted by atomic mass is 10.1. The van der Waals surface area contributed by atoms with E-state index < -0.39 is 0 Å². The number of tetrazole rings is 1. The van der Waals surface area contributed by atoms with Gasteiger partial charge in [0.1, 0.15) is 5.75 Å². The predicted molar refractivity (Wildman–Crippen MR) is 92.6 cm³/mol. The molecule has 0 spiro atoms. The van der Waals surface area contributed by atoms with Gasteiger partial charge in [-0.25, -0.2) is 0 Å². The van der Waals surface area contributed by atoms with Crippen LogP contribution in [0.1, 0.15) is 5.56 Å². The van der Waals surface area contributed by atoms with Gasteiger partial charge in [-0.2, -0.15) is 4.68 Å². The summed E-state index contributed by atoms with van der Waals surface area (Å²) in [4.78, 5) is 0. The fraction of sp³-hybridized carbons (Fsp3) is 0.235. The second kappa shape index (κ2) is 7.52. The fourth-order valence-corrected chi connectivity index (χ4v) is 2.45. The van der Waals surface area contributed by atoms with Crippen LogP contribution in [-0.4, -0.2) is 41.5 Å². The van der Waals surface area contributed by atoms with E-state index in [9.17, 15) is 0 Å². The lowest BCUT2D eigenvalue weighted by Crippen LogP contribution is -2.08. The summed E-state index contributed by atoms with van der Waals surface area (Å²) in [6.45, 7) is 0.455. The first-order chi connectivity index (χ1) is 12.3. The molecule has 0 aliphatic rings. The number of hydrogen-bond acceptors (Lipinski definition) is 7. The summed E-state index contributed by atoms with van der Waals surface area (Å²) in [6.07, 6.45) is 0. The van der Waals surface area contributed by atoms with Gasteiger partial charge < -0.3 is 19.5 Å². The van der Waals surface area contributed by atoms with Crippen molar-refractivity contribution in [2.75, 3.05) is 26.6 Å². The largest absolute Gasteiger partial charge is 0.496 e. The van der Waals surface area contributed by atoms with E-state index in [0.717, 1.165) is 11.3 Å². The van der Waals surface area contributed by atoms with Crippen molar-refractivity contribution < 1.29 is 14.2 Å². The molecule has 130 valence electrons. The van der Waals surface area contributed by atoms with Crippen LogP contribution in [0.4, 0.5) is 5.95 Å². The minimum Gasteiger partial charge on any atom is -0.496 e. The van der Waals surface area contributed by atoms with Crippen LogP contribution >= 0.6 is 0 Å². The maximum absolute atomic E-state index is 5.44. The molecule has 0 bridgehead atoms. The highest BCUT2D eigenvalue weighted by Gasteiger charge is 2.13. The monoisotopic (exact) mass is 341 g/mol. The van der Waals surface area contributed by atoms with E-state index in [4.69, 9.17) is 14.2 Å². The summed E-state index contributed by atoms with van der Waals surface area (Å²) < 4.78 is 17.7. The Balaban J connectivity index is 1.84. The molecule has 0 fully saturated rings. The number of para-hydroxylation sites is 1. The SMILES string of the molecule is COc1cc(OC)c(OC)cc1CNc1nnnn1-c1ccccc1. The molecular formula is C17H19N5O3. The van der Waals surface area contributed by atoms with Crippen molar-refractivity contribution in [2.24, 2.45) is 0 Å². The Morgan fingerprint density at radius 2 is 1.60 bits per heavy atom. The second-order valence-corrected chi connectivity index (χ2v) is 5.12. The Morgan fingerprint density at radius 1 is 0.920 bits per heavy atom. The van der Waals surface area contributed by atoms with E-state index >= 15 is 0 Å². The van der Waals surface area contributed by atoms with Gasteiger partial charge in [0.05, 0.1) is 27.0 Å². The van der Waals surface area contributed by atoms with Crippen LogP contribution in [0.2, 0.25) is 0 Å². The Morgan fingerprint density at radius 3 is 2.28 bits per heavy atom. The summed E-state index contributed by atoms with van der Waals surface area (Å²) >= 11 is 0. The molecule has 1 N–H and O–H groups in total. The van der Waals surface area contributed by atoms with Crippen LogP contribution in [0.25, 0.3) is 5.69 Å². The maximum atomic E-state index is 5.44. The molecule has 0 saturated heterocycles. The van der Waals surface area contributed by atoms with Gasteiger partial charge in [0.2, 0.25) is 5.95 Å². The molecule has 0 radical (unpaired) electrons. The minimum atomic E-state index is 0.455. The van der Waals surface area contributed by atoms with E-state index in [0.29, 0.717) is 29.7 Å². The van der Waals surface area contributed by atoms with Crippen LogP contribution in [0, 0.1) is 0 Å². The van der Waals surface area contributed by atoms with Gasteiger partial charge in [0.25, 0.3) is 0 Å². The zero-order chi connectivity index (χ0) is 17.6. The lowest BCUT2D eigenvalue weighted by molar-refractivity contribution is 0.347. The minimum absolute atomic E-state index is 0.455. The van der Waals surface area contributed by atoms with Crippen molar-refractivity contribution in [1.82, 2.24) is 20.2 Å². The molecular weight excluding hydrogens is 322 g/mol. The van der Waals surface area contributed by atoms with Gasteiger partial charge in [-0.1, -0.05) is 23.3 Å². The maximum Gasteiger partial charge on any atom is 0.248 e. The number of aromatic nitrogens is 4. The first-order valence-electron chi connectivity index (χ1n) is 7.63. The van der Waals surface area contributed by atoms with E-state index in [-0.39, 0.29) is 0 Å². The normalized spacial score (nSPS) is 10.4. The average Bonchev–Trinajstić information content (AvgIpc) is 3.14. The quantitative estimate of drug-likeness (QED) is 0.706. The van der Waals surface area contributed by atoms with Crippen LogP contribution in [-0.2, 0) is 6.54 Å². The van der Waals surface area contributed by atoms with Gasteiger partial charge in [-0.05, 0) is 28.6 Å². The van der Waals surface area contributed by atoms with Crippen molar-refractivity contribution in [3.05, 3.63) is 48.0 Å². The topological polar surface area (TPSA) is 83.3 Å². The Kier molecular flexibility index (Phi) is 4.98. The Bertz CT molecular complexity index is 836. The summed E-state index contributed by atoms with van der Waals surface area (Å²) in [5.41, 5.74) is 1.76. The molecule has 0 saturated carbocycles. The highest BCUT2D eigenvalue weighted by Crippen LogP contribution is 2.34. The number of hydrogen-bond donors (Lipinski definition) is 1. The van der Waals surface area contributed by atoms with Gasteiger partial charge in [0.15, 0.2) is 11.5 Å². The number of nitrogens with one attached hydrogen (secondary N) is 1. The predicted octanol–water partition coefficient (Wildman–Crippen LogP) is 2.30. The van der Waals surface area contributed by atoms with E-state index in [1.807, 2.05) is 36.4 Å². The molecule has 1 aromatic heterocycles. The van der Waals surface area contributed by atoms with E-state index in [2.05, 4.69) is 20.8 Å². The zero-order valence-corrected chi connectivity index (χ0v) is 14.3. The van der Waals surface area contributed by atoms with Crippen LogP contribution in [0.5, 0.6) is 17.2 Å². The van der Waals surface area contributed by atoms with Crippen molar-refractivity contribution in [3.8, 4) is 22.9 Å². The number of benzene rings is 2. The molecule has 0 atom stereocenters. The number of methoxy groups -OCH3 is 3. The standard InChI is InChI=1S/C17H19N5O3/c1-23-14-10-16(25-3)15(24-2)9-12(14)11-18-17-19-20-21-22(17)13-7-5-4-6-8-13/h4-10H,11H2,1-3H3,(H,18,19,21). The summed E-state index contributed by atoms with van der Waals surface area (Å²) in [5, 5.41) is 15.0. The molecule has 0 aliphatic carbocycles. The number of nitrogens with zero attached hydrogens (tertiary/aromatic N) is 4. The second-order valence-electron chi connectivity index (χ2n) is 5.12. The summed E-state index contributed by atoms with van der Waals surface area (Å²) in [7, 11) is 4.79. The van der Waals surface area contributed by atoms with Crippen molar-refractivity contribution in [1.29, 1.82) is 0 Å². The smallest absolute Gasteiger partial charge is 0.248 e. The van der Waals surface area contributed by atoms with Gasteiger partial charge in [-0.15, -0.1) is 0 Å². The summed E-state index contributed by atoms with van der Waals surface area (Å²) in [5.74, 6) is 2.45. The number of anilines is 1. The highest BCUT2D eigenvalue weighted by molar-refractivity contribution is 5.51. The number of rotatable bonds is 7. The van der Waals surface area contributed by atoms with E-state index in [1.165, 1.54) is 0 Å². The van der Waals surface area contributed by atoms with Crippen LogP contribution in [0.15, 0.2) is 42.5 Å². The summed E-state index contributed by atoms with van der Waals surface area (Å²) in [6, 6.07) is 13.3. The van der Waals surface area contributed by atoms with Crippen molar-refractivity contribution in [2.45, 2.75) is 6.54 Å². The molecule has 2 aromatic carbocycles. The molecule has 3 aromatic rings. The molecule has 0 amide bonds. The Labute approximate surface area is 145 Å². The third kappa shape index (κ3) is 3.47. The molecule has 25 heavy (non-hydrogen) atoms. The third-order valence-electron chi connectivity index (χ3n) is 3.69. The highest BCUT2D eigenvalue weighted by atomic mass is 16.5. The van der Waals surface area contributed by atoms with Crippen LogP contribution in [0.3, 0.4) is 0 Å². The third-order valence-corrected chi connectivity index (χ3v) is 3.69. The Hall–Kier alpha value is -3.29. The molecule has 1 heterocycles. The number of ether oxygens (including phenoxy) is 3. The van der Waals surface area contributed by atoms with Crippen molar-refractivity contribution in [3.63, 3.8) is 0 Å². The first-order valence-corrected chi connectivity index (χ1v) is 7.63. The molecule has 0 unspecified atom stereocenters. The van der Waals surface area contributed by atoms with Gasteiger partial charge >= 0.3 is 0 Å². The van der Waals surface area contributed by atoms with Gasteiger partial charge in [0, 0.05) is 18.2 Å². The first kappa shape index (κ1) is 16.6. The van der Waals surface area contributed by atoms with Gasteiger partial charge in [-0.3, -0.25) is 0 Å². The van der Waals surface area contributed by atoms with Crippen molar-refractivity contribution >= 4 is 5.95 Å². The average molecular weight is 341 g/mol.